The Kier molecular flexibility index (Phi) is 3.81. The molecule has 0 atom stereocenters. The van der Waals surface area contributed by atoms with E-state index < -0.39 is 6.09 Å². The molecule has 1 aromatic rings. The summed E-state index contributed by atoms with van der Waals surface area (Å²) in [5, 5.41) is 2.58. The molecule has 0 aliphatic carbocycles. The van der Waals surface area contributed by atoms with E-state index in [2.05, 4.69) is 15.0 Å². The van der Waals surface area contributed by atoms with Gasteiger partial charge in [-0.05, 0) is 6.92 Å². The molecule has 5 nitrogen and oxygen atoms in total. The number of carbonyl (C=O) groups is 1. The molecule has 1 N–H and O–H groups in total. The normalized spacial score (nSPS) is 9.62. The summed E-state index contributed by atoms with van der Waals surface area (Å²) < 4.78 is 9.43. The third kappa shape index (κ3) is 3.59. The summed E-state index contributed by atoms with van der Waals surface area (Å²) in [6, 6.07) is 0. The van der Waals surface area contributed by atoms with Crippen molar-refractivity contribution >= 4 is 6.09 Å². The molecule has 0 fully saturated rings. The van der Waals surface area contributed by atoms with E-state index in [1.54, 1.807) is 13.2 Å². The van der Waals surface area contributed by atoms with Crippen LogP contribution in [0.5, 0.6) is 0 Å². The van der Waals surface area contributed by atoms with E-state index in [9.17, 15) is 4.79 Å². The van der Waals surface area contributed by atoms with Crippen LogP contribution in [-0.4, -0.2) is 24.2 Å². The lowest BCUT2D eigenvalue weighted by Crippen LogP contribution is -2.26. The van der Waals surface area contributed by atoms with Crippen LogP contribution in [0.1, 0.15) is 12.6 Å². The molecule has 13 heavy (non-hydrogen) atoms. The average Bonchev–Trinajstić information content (AvgIpc) is 2.57. The average molecular weight is 184 g/mol. The number of alkyl carbamates (subject to hydrolysis) is 1. The Morgan fingerprint density at radius 2 is 2.62 bits per heavy atom. The molecular formula is C8H12N2O3. The van der Waals surface area contributed by atoms with Crippen LogP contribution in [0.3, 0.4) is 0 Å². The van der Waals surface area contributed by atoms with E-state index in [1.807, 2.05) is 0 Å². The molecule has 0 aromatic carbocycles. The van der Waals surface area contributed by atoms with Gasteiger partial charge in [0.15, 0.2) is 6.39 Å². The van der Waals surface area contributed by atoms with Gasteiger partial charge in [-0.15, -0.1) is 0 Å². The van der Waals surface area contributed by atoms with Gasteiger partial charge >= 0.3 is 6.09 Å². The Morgan fingerprint density at radius 1 is 1.77 bits per heavy atom. The lowest BCUT2D eigenvalue weighted by atomic mass is 10.3. The van der Waals surface area contributed by atoms with E-state index in [1.165, 1.54) is 6.39 Å². The topological polar surface area (TPSA) is 64.4 Å². The first-order valence-corrected chi connectivity index (χ1v) is 4.10. The number of amides is 1. The number of carbonyl (C=O) groups excluding carboxylic acids is 1. The Hall–Kier alpha value is -1.52. The van der Waals surface area contributed by atoms with Crippen molar-refractivity contribution < 1.29 is 13.9 Å². The maximum Gasteiger partial charge on any atom is 0.407 e. The van der Waals surface area contributed by atoms with Crippen LogP contribution < -0.4 is 5.32 Å². The maximum atomic E-state index is 10.8. The van der Waals surface area contributed by atoms with Gasteiger partial charge in [0.2, 0.25) is 0 Å². The van der Waals surface area contributed by atoms with Crippen molar-refractivity contribution in [3.05, 3.63) is 18.4 Å². The Balaban J connectivity index is 2.11. The van der Waals surface area contributed by atoms with Crippen LogP contribution in [0, 0.1) is 0 Å². The van der Waals surface area contributed by atoms with Gasteiger partial charge in [0.1, 0.15) is 6.26 Å². The maximum absolute atomic E-state index is 10.8. The standard InChI is InChI=1S/C8H12N2O3/c1-2-13-8(11)9-4-3-7-5-12-6-10-7/h5-6H,2-4H2,1H3,(H,9,11). The van der Waals surface area contributed by atoms with Crippen molar-refractivity contribution in [1.82, 2.24) is 10.3 Å². The second kappa shape index (κ2) is 5.18. The molecule has 72 valence electrons. The number of oxazole rings is 1. The number of rotatable bonds is 4. The molecule has 0 spiro atoms. The fourth-order valence-electron chi connectivity index (χ4n) is 0.836. The first-order chi connectivity index (χ1) is 6.33. The van der Waals surface area contributed by atoms with Crippen LogP contribution >= 0.6 is 0 Å². The quantitative estimate of drug-likeness (QED) is 0.757. The van der Waals surface area contributed by atoms with E-state index in [-0.39, 0.29) is 0 Å². The zero-order valence-electron chi connectivity index (χ0n) is 7.45. The summed E-state index contributed by atoms with van der Waals surface area (Å²) in [6.07, 6.45) is 3.16. The minimum atomic E-state index is -0.397. The van der Waals surface area contributed by atoms with Crippen molar-refractivity contribution in [3.63, 3.8) is 0 Å². The van der Waals surface area contributed by atoms with Gasteiger partial charge in [0, 0.05) is 13.0 Å². The van der Waals surface area contributed by atoms with E-state index >= 15 is 0 Å². The number of nitrogens with one attached hydrogen (secondary N) is 1. The number of aromatic nitrogens is 1. The monoisotopic (exact) mass is 184 g/mol. The summed E-state index contributed by atoms with van der Waals surface area (Å²) in [5.74, 6) is 0. The van der Waals surface area contributed by atoms with Gasteiger partial charge in [-0.3, -0.25) is 0 Å². The molecule has 1 rings (SSSR count). The SMILES string of the molecule is CCOC(=O)NCCc1cocn1. The summed E-state index contributed by atoms with van der Waals surface area (Å²) >= 11 is 0. The highest BCUT2D eigenvalue weighted by Gasteiger charge is 2.00. The number of nitrogens with zero attached hydrogens (tertiary/aromatic N) is 1. The van der Waals surface area contributed by atoms with Crippen molar-refractivity contribution in [2.24, 2.45) is 0 Å². The molecule has 5 heteroatoms. The summed E-state index contributed by atoms with van der Waals surface area (Å²) in [6.45, 7) is 2.65. The van der Waals surface area contributed by atoms with Crippen LogP contribution in [0.25, 0.3) is 0 Å². The molecule has 0 bridgehead atoms. The van der Waals surface area contributed by atoms with E-state index in [4.69, 9.17) is 4.42 Å². The van der Waals surface area contributed by atoms with Crippen LogP contribution in [0.4, 0.5) is 4.79 Å². The first-order valence-electron chi connectivity index (χ1n) is 4.10. The molecule has 0 saturated heterocycles. The first kappa shape index (κ1) is 9.57. The Morgan fingerprint density at radius 3 is 3.23 bits per heavy atom. The summed E-state index contributed by atoms with van der Waals surface area (Å²) in [5.41, 5.74) is 0.816. The Labute approximate surface area is 76.1 Å². The minimum absolute atomic E-state index is 0.385. The van der Waals surface area contributed by atoms with E-state index in [0.29, 0.717) is 19.6 Å². The molecule has 0 radical (unpaired) electrons. The van der Waals surface area contributed by atoms with Crippen molar-refractivity contribution in [2.75, 3.05) is 13.2 Å². The highest BCUT2D eigenvalue weighted by atomic mass is 16.5. The fraction of sp³-hybridized carbons (Fsp3) is 0.500. The van der Waals surface area contributed by atoms with Gasteiger partial charge in [0.25, 0.3) is 0 Å². The lowest BCUT2D eigenvalue weighted by Gasteiger charge is -2.02. The molecule has 1 amide bonds. The molecule has 1 aromatic heterocycles. The third-order valence-corrected chi connectivity index (χ3v) is 1.41. The van der Waals surface area contributed by atoms with Gasteiger partial charge in [0.05, 0.1) is 12.3 Å². The molecule has 0 unspecified atom stereocenters. The van der Waals surface area contributed by atoms with Gasteiger partial charge < -0.3 is 14.5 Å². The van der Waals surface area contributed by atoms with Gasteiger partial charge in [-0.2, -0.15) is 0 Å². The smallest absolute Gasteiger partial charge is 0.407 e. The molecule has 0 aliphatic rings. The Bertz CT molecular complexity index is 246. The highest BCUT2D eigenvalue weighted by Crippen LogP contribution is 1.93. The van der Waals surface area contributed by atoms with E-state index in [0.717, 1.165) is 5.69 Å². The molecule has 0 saturated carbocycles. The highest BCUT2D eigenvalue weighted by molar-refractivity contribution is 5.66. The third-order valence-electron chi connectivity index (χ3n) is 1.41. The summed E-state index contributed by atoms with van der Waals surface area (Å²) in [4.78, 5) is 14.7. The van der Waals surface area contributed by atoms with Gasteiger partial charge in [-0.25, -0.2) is 9.78 Å². The number of hydrogen-bond acceptors (Lipinski definition) is 4. The second-order valence-electron chi connectivity index (χ2n) is 2.38. The van der Waals surface area contributed by atoms with Crippen LogP contribution in [-0.2, 0) is 11.2 Å². The van der Waals surface area contributed by atoms with Crippen LogP contribution in [0.2, 0.25) is 0 Å². The molecule has 1 heterocycles. The number of hydrogen-bond donors (Lipinski definition) is 1. The second-order valence-corrected chi connectivity index (χ2v) is 2.38. The fourth-order valence-corrected chi connectivity index (χ4v) is 0.836. The van der Waals surface area contributed by atoms with Crippen molar-refractivity contribution in [1.29, 1.82) is 0 Å². The van der Waals surface area contributed by atoms with Crippen molar-refractivity contribution in [2.45, 2.75) is 13.3 Å². The van der Waals surface area contributed by atoms with Crippen molar-refractivity contribution in [3.8, 4) is 0 Å². The zero-order valence-corrected chi connectivity index (χ0v) is 7.45. The minimum Gasteiger partial charge on any atom is -0.451 e. The predicted molar refractivity (Wildman–Crippen MR) is 45.2 cm³/mol. The summed E-state index contributed by atoms with van der Waals surface area (Å²) in [7, 11) is 0. The number of ether oxygens (including phenoxy) is 1. The molecule has 0 aliphatic heterocycles. The largest absolute Gasteiger partial charge is 0.451 e. The van der Waals surface area contributed by atoms with Gasteiger partial charge in [-0.1, -0.05) is 0 Å². The predicted octanol–water partition coefficient (Wildman–Crippen LogP) is 0.963. The zero-order chi connectivity index (χ0) is 9.52. The molecular weight excluding hydrogens is 172 g/mol. The van der Waals surface area contributed by atoms with Crippen LogP contribution in [0.15, 0.2) is 17.1 Å². The lowest BCUT2D eigenvalue weighted by molar-refractivity contribution is 0.152.